The maximum absolute atomic E-state index is 13.1. The fourth-order valence-electron chi connectivity index (χ4n) is 3.85. The first-order valence-corrected chi connectivity index (χ1v) is 8.90. The summed E-state index contributed by atoms with van der Waals surface area (Å²) in [6.07, 6.45) is 3.53. The lowest BCUT2D eigenvalue weighted by Gasteiger charge is -2.25. The van der Waals surface area contributed by atoms with Crippen LogP contribution >= 0.6 is 0 Å². The van der Waals surface area contributed by atoms with Crippen LogP contribution in [0.3, 0.4) is 0 Å². The fraction of sp³-hybridized carbons (Fsp3) is 0.421. The molecule has 7 nitrogen and oxygen atoms in total. The number of amides is 2. The Labute approximate surface area is 152 Å². The molecule has 0 radical (unpaired) electrons. The first-order valence-electron chi connectivity index (χ1n) is 8.90. The third kappa shape index (κ3) is 2.94. The van der Waals surface area contributed by atoms with Gasteiger partial charge < -0.3 is 19.5 Å². The predicted octanol–water partition coefficient (Wildman–Crippen LogP) is 2.52. The number of nitrogens with zero attached hydrogens (tertiary/aromatic N) is 3. The monoisotopic (exact) mass is 354 g/mol. The summed E-state index contributed by atoms with van der Waals surface area (Å²) in [6, 6.07) is 9.68. The van der Waals surface area contributed by atoms with Crippen molar-refractivity contribution in [2.45, 2.75) is 24.9 Å². The molecule has 0 aliphatic carbocycles. The smallest absolute Gasteiger partial charge is 0.410 e. The van der Waals surface area contributed by atoms with E-state index in [1.54, 1.807) is 18.3 Å². The molecule has 1 N–H and O–H groups in total. The summed E-state index contributed by atoms with van der Waals surface area (Å²) < 4.78 is 5.62. The second-order valence-electron chi connectivity index (χ2n) is 7.04. The number of aromatic amines is 1. The van der Waals surface area contributed by atoms with E-state index in [0.29, 0.717) is 37.4 Å². The third-order valence-corrected chi connectivity index (χ3v) is 5.23. The van der Waals surface area contributed by atoms with Crippen LogP contribution in [-0.4, -0.2) is 64.1 Å². The lowest BCUT2D eigenvalue weighted by atomic mass is 9.95. The first kappa shape index (κ1) is 16.6. The SMILES string of the molecule is CN1CC2(CCCN(C(=O)c3[nH]cnc3-c3ccccc3)CC2)OC1=O. The molecule has 0 saturated carbocycles. The van der Waals surface area contributed by atoms with E-state index in [2.05, 4.69) is 9.97 Å². The van der Waals surface area contributed by atoms with E-state index in [1.807, 2.05) is 35.2 Å². The van der Waals surface area contributed by atoms with Crippen LogP contribution in [0.2, 0.25) is 0 Å². The van der Waals surface area contributed by atoms with E-state index in [9.17, 15) is 9.59 Å². The third-order valence-electron chi connectivity index (χ3n) is 5.23. The van der Waals surface area contributed by atoms with Gasteiger partial charge in [0.2, 0.25) is 0 Å². The van der Waals surface area contributed by atoms with Gasteiger partial charge in [0.15, 0.2) is 0 Å². The number of H-pyrrole nitrogens is 1. The molecule has 3 heterocycles. The highest BCUT2D eigenvalue weighted by Gasteiger charge is 2.44. The molecule has 2 aliphatic rings. The number of likely N-dealkylation sites (tertiary alicyclic amines) is 1. The average molecular weight is 354 g/mol. The molecule has 26 heavy (non-hydrogen) atoms. The number of hydrogen-bond donors (Lipinski definition) is 1. The van der Waals surface area contributed by atoms with Crippen LogP contribution in [0.5, 0.6) is 0 Å². The quantitative estimate of drug-likeness (QED) is 0.899. The summed E-state index contributed by atoms with van der Waals surface area (Å²) in [5.74, 6) is -0.0592. The molecule has 1 unspecified atom stereocenters. The predicted molar refractivity (Wildman–Crippen MR) is 95.6 cm³/mol. The fourth-order valence-corrected chi connectivity index (χ4v) is 3.85. The van der Waals surface area contributed by atoms with E-state index in [4.69, 9.17) is 4.74 Å². The number of ether oxygens (including phenoxy) is 1. The first-order chi connectivity index (χ1) is 12.6. The minimum absolute atomic E-state index is 0.0592. The Morgan fingerprint density at radius 3 is 2.77 bits per heavy atom. The van der Waals surface area contributed by atoms with Crippen LogP contribution in [0.25, 0.3) is 11.3 Å². The number of rotatable bonds is 2. The minimum Gasteiger partial charge on any atom is -0.441 e. The lowest BCUT2D eigenvalue weighted by molar-refractivity contribution is 0.0438. The number of benzene rings is 1. The Balaban J connectivity index is 1.52. The van der Waals surface area contributed by atoms with Gasteiger partial charge in [-0.15, -0.1) is 0 Å². The Bertz CT molecular complexity index is 819. The van der Waals surface area contributed by atoms with Crippen molar-refractivity contribution in [1.29, 1.82) is 0 Å². The summed E-state index contributed by atoms with van der Waals surface area (Å²) in [4.78, 5) is 35.6. The summed E-state index contributed by atoms with van der Waals surface area (Å²) in [7, 11) is 1.75. The van der Waals surface area contributed by atoms with Crippen molar-refractivity contribution in [3.05, 3.63) is 42.4 Å². The van der Waals surface area contributed by atoms with Crippen LogP contribution in [0.1, 0.15) is 29.8 Å². The molecule has 136 valence electrons. The number of carbonyl (C=O) groups is 2. The minimum atomic E-state index is -0.461. The molecule has 1 atom stereocenters. The zero-order valence-corrected chi connectivity index (χ0v) is 14.8. The largest absolute Gasteiger partial charge is 0.441 e. The zero-order valence-electron chi connectivity index (χ0n) is 14.8. The van der Waals surface area contributed by atoms with Gasteiger partial charge in [-0.3, -0.25) is 4.79 Å². The maximum atomic E-state index is 13.1. The standard InChI is InChI=1S/C19H22N4O3/c1-22-12-19(26-18(22)25)8-5-10-23(11-9-19)17(24)16-15(20-13-21-16)14-6-3-2-4-7-14/h2-4,6-7,13H,5,8-12H2,1H3,(H,20,21). The van der Waals surface area contributed by atoms with Gasteiger partial charge in [0, 0.05) is 32.1 Å². The molecule has 2 fully saturated rings. The zero-order chi connectivity index (χ0) is 18.1. The highest BCUT2D eigenvalue weighted by molar-refractivity contribution is 5.98. The summed E-state index contributed by atoms with van der Waals surface area (Å²) in [5.41, 5.74) is 1.63. The number of carbonyl (C=O) groups excluding carboxylic acids is 2. The Morgan fingerprint density at radius 2 is 2.04 bits per heavy atom. The van der Waals surface area contributed by atoms with E-state index in [1.165, 1.54) is 0 Å². The highest BCUT2D eigenvalue weighted by atomic mass is 16.6. The molecule has 1 spiro atoms. The van der Waals surface area contributed by atoms with Crippen LogP contribution in [0, 0.1) is 0 Å². The molecule has 2 aliphatic heterocycles. The molecular formula is C19H22N4O3. The van der Waals surface area contributed by atoms with Crippen molar-refractivity contribution in [3.8, 4) is 11.3 Å². The number of aromatic nitrogens is 2. The van der Waals surface area contributed by atoms with Crippen molar-refractivity contribution in [3.63, 3.8) is 0 Å². The molecule has 2 amide bonds. The van der Waals surface area contributed by atoms with Crippen LogP contribution in [0.15, 0.2) is 36.7 Å². The molecule has 1 aromatic heterocycles. The van der Waals surface area contributed by atoms with Crippen LogP contribution in [0.4, 0.5) is 4.79 Å². The van der Waals surface area contributed by atoms with E-state index in [-0.39, 0.29) is 12.0 Å². The van der Waals surface area contributed by atoms with Gasteiger partial charge in [0.05, 0.1) is 12.9 Å². The number of hydrogen-bond acceptors (Lipinski definition) is 4. The topological polar surface area (TPSA) is 78.5 Å². The Hall–Kier alpha value is -2.83. The van der Waals surface area contributed by atoms with Gasteiger partial charge in [-0.25, -0.2) is 9.78 Å². The Morgan fingerprint density at radius 1 is 1.23 bits per heavy atom. The van der Waals surface area contributed by atoms with Crippen LogP contribution < -0.4 is 0 Å². The molecule has 7 heteroatoms. The number of likely N-dealkylation sites (N-methyl/N-ethyl adjacent to an activating group) is 1. The average Bonchev–Trinajstić information content (AvgIpc) is 3.17. The van der Waals surface area contributed by atoms with E-state index < -0.39 is 5.60 Å². The van der Waals surface area contributed by atoms with Gasteiger partial charge in [0.1, 0.15) is 17.0 Å². The van der Waals surface area contributed by atoms with Gasteiger partial charge in [-0.2, -0.15) is 0 Å². The van der Waals surface area contributed by atoms with Gasteiger partial charge >= 0.3 is 6.09 Å². The number of imidazole rings is 1. The highest BCUT2D eigenvalue weighted by Crippen LogP contribution is 2.33. The van der Waals surface area contributed by atoms with Crippen molar-refractivity contribution >= 4 is 12.0 Å². The van der Waals surface area contributed by atoms with Gasteiger partial charge in [-0.1, -0.05) is 30.3 Å². The van der Waals surface area contributed by atoms with Crippen molar-refractivity contribution < 1.29 is 14.3 Å². The molecular weight excluding hydrogens is 332 g/mol. The van der Waals surface area contributed by atoms with Crippen molar-refractivity contribution in [2.24, 2.45) is 0 Å². The second kappa shape index (κ2) is 6.48. The van der Waals surface area contributed by atoms with Crippen molar-refractivity contribution in [2.75, 3.05) is 26.7 Å². The molecule has 1 aromatic carbocycles. The van der Waals surface area contributed by atoms with Crippen LogP contribution in [-0.2, 0) is 4.74 Å². The summed E-state index contributed by atoms with van der Waals surface area (Å²) in [6.45, 7) is 1.80. The molecule has 4 rings (SSSR count). The van der Waals surface area contributed by atoms with E-state index >= 15 is 0 Å². The van der Waals surface area contributed by atoms with Crippen molar-refractivity contribution in [1.82, 2.24) is 19.8 Å². The lowest BCUT2D eigenvalue weighted by Crippen LogP contribution is -2.37. The molecule has 2 saturated heterocycles. The molecule has 0 bridgehead atoms. The summed E-state index contributed by atoms with van der Waals surface area (Å²) in [5, 5.41) is 0. The normalized spacial score (nSPS) is 23.2. The van der Waals surface area contributed by atoms with Gasteiger partial charge in [0.25, 0.3) is 5.91 Å². The Kier molecular flexibility index (Phi) is 4.14. The van der Waals surface area contributed by atoms with E-state index in [0.717, 1.165) is 18.4 Å². The maximum Gasteiger partial charge on any atom is 0.410 e. The summed E-state index contributed by atoms with van der Waals surface area (Å²) >= 11 is 0. The number of nitrogens with one attached hydrogen (secondary N) is 1. The second-order valence-corrected chi connectivity index (χ2v) is 7.04. The van der Waals surface area contributed by atoms with Gasteiger partial charge in [-0.05, 0) is 12.8 Å². The molecule has 2 aromatic rings.